The predicted octanol–water partition coefficient (Wildman–Crippen LogP) is 4.65. The molecule has 1 aliphatic carbocycles. The summed E-state index contributed by atoms with van der Waals surface area (Å²) in [4.78, 5) is 4.26. The Bertz CT molecular complexity index is 752. The highest BCUT2D eigenvalue weighted by molar-refractivity contribution is 14.0. The first-order valence-electron chi connectivity index (χ1n) is 10.3. The molecule has 2 aromatic rings. The number of nitrogens with zero attached hydrogens (tertiary/aromatic N) is 2. The normalized spacial score (nSPS) is 14.7. The van der Waals surface area contributed by atoms with E-state index in [4.69, 9.17) is 9.26 Å². The van der Waals surface area contributed by atoms with E-state index < -0.39 is 0 Å². The van der Waals surface area contributed by atoms with Crippen LogP contribution in [0.2, 0.25) is 0 Å². The number of ether oxygens (including phenoxy) is 1. The Morgan fingerprint density at radius 1 is 1.21 bits per heavy atom. The highest BCUT2D eigenvalue weighted by atomic mass is 127. The SMILES string of the molecule is CN=C(NCCc1ccc(OC2CCCC2)cc1)NCc1cc(C(C)C)no1.I. The third kappa shape index (κ3) is 7.53. The quantitative estimate of drug-likeness (QED) is 0.306. The minimum Gasteiger partial charge on any atom is -0.490 e. The molecule has 1 aromatic carbocycles. The standard InChI is InChI=1S/C22H32N4O2.HI/c1-16(2)21-14-20(28-26-21)15-25-22(23-3)24-13-12-17-8-10-19(11-9-17)27-18-6-4-5-7-18;/h8-11,14,16,18H,4-7,12-13,15H2,1-3H3,(H2,23,24,25);1H. The molecule has 1 aliphatic rings. The van der Waals surface area contributed by atoms with Crippen molar-refractivity contribution in [2.24, 2.45) is 4.99 Å². The summed E-state index contributed by atoms with van der Waals surface area (Å²) in [7, 11) is 1.77. The first-order chi connectivity index (χ1) is 13.6. The van der Waals surface area contributed by atoms with Gasteiger partial charge in [-0.25, -0.2) is 0 Å². The van der Waals surface area contributed by atoms with Crippen molar-refractivity contribution < 1.29 is 9.26 Å². The number of hydrogen-bond acceptors (Lipinski definition) is 4. The molecule has 6 nitrogen and oxygen atoms in total. The van der Waals surface area contributed by atoms with E-state index in [1.54, 1.807) is 7.05 Å². The van der Waals surface area contributed by atoms with Crippen LogP contribution in [-0.4, -0.2) is 30.8 Å². The molecule has 29 heavy (non-hydrogen) atoms. The summed E-state index contributed by atoms with van der Waals surface area (Å²) in [6.45, 7) is 5.56. The molecular weight excluding hydrogens is 479 g/mol. The van der Waals surface area contributed by atoms with Gasteiger partial charge in [-0.15, -0.1) is 24.0 Å². The van der Waals surface area contributed by atoms with Crippen LogP contribution in [0, 0.1) is 0 Å². The molecule has 7 heteroatoms. The molecule has 0 unspecified atom stereocenters. The summed E-state index contributed by atoms with van der Waals surface area (Å²) in [5, 5.41) is 10.7. The van der Waals surface area contributed by atoms with Gasteiger partial charge in [-0.2, -0.15) is 0 Å². The van der Waals surface area contributed by atoms with Gasteiger partial charge in [0, 0.05) is 19.7 Å². The molecular formula is C22H33IN4O2. The van der Waals surface area contributed by atoms with Crippen molar-refractivity contribution in [2.75, 3.05) is 13.6 Å². The number of aromatic nitrogens is 1. The van der Waals surface area contributed by atoms with E-state index in [9.17, 15) is 0 Å². The molecule has 2 N–H and O–H groups in total. The van der Waals surface area contributed by atoms with Crippen molar-refractivity contribution in [1.82, 2.24) is 15.8 Å². The Kier molecular flexibility index (Phi) is 9.76. The van der Waals surface area contributed by atoms with E-state index in [1.165, 1.54) is 31.2 Å². The lowest BCUT2D eigenvalue weighted by molar-refractivity contribution is 0.210. The lowest BCUT2D eigenvalue weighted by Crippen LogP contribution is -2.37. The number of halogens is 1. The van der Waals surface area contributed by atoms with Crippen LogP contribution in [0.25, 0.3) is 0 Å². The van der Waals surface area contributed by atoms with Gasteiger partial charge in [0.2, 0.25) is 0 Å². The predicted molar refractivity (Wildman–Crippen MR) is 127 cm³/mol. The summed E-state index contributed by atoms with van der Waals surface area (Å²) in [6.07, 6.45) is 6.28. The van der Waals surface area contributed by atoms with Gasteiger partial charge in [-0.1, -0.05) is 31.1 Å². The topological polar surface area (TPSA) is 71.7 Å². The third-order valence-electron chi connectivity index (χ3n) is 5.06. The molecule has 1 heterocycles. The average Bonchev–Trinajstić information content (AvgIpc) is 3.38. The maximum absolute atomic E-state index is 6.02. The van der Waals surface area contributed by atoms with Gasteiger partial charge in [0.25, 0.3) is 0 Å². The first kappa shape index (κ1) is 23.5. The molecule has 3 rings (SSSR count). The van der Waals surface area contributed by atoms with E-state index in [-0.39, 0.29) is 24.0 Å². The molecule has 0 spiro atoms. The second-order valence-corrected chi connectivity index (χ2v) is 7.64. The zero-order valence-electron chi connectivity index (χ0n) is 17.6. The van der Waals surface area contributed by atoms with Crippen LogP contribution in [0.3, 0.4) is 0 Å². The molecule has 160 valence electrons. The zero-order chi connectivity index (χ0) is 19.8. The Morgan fingerprint density at radius 3 is 2.55 bits per heavy atom. The van der Waals surface area contributed by atoms with Gasteiger partial charge in [0.05, 0.1) is 18.3 Å². The summed E-state index contributed by atoms with van der Waals surface area (Å²) in [5.74, 6) is 2.91. The van der Waals surface area contributed by atoms with Gasteiger partial charge in [-0.3, -0.25) is 4.99 Å². The van der Waals surface area contributed by atoms with Crippen LogP contribution in [0.15, 0.2) is 39.8 Å². The molecule has 0 aliphatic heterocycles. The number of benzene rings is 1. The highest BCUT2D eigenvalue weighted by Crippen LogP contribution is 2.24. The second-order valence-electron chi connectivity index (χ2n) is 7.64. The van der Waals surface area contributed by atoms with Gasteiger partial charge >= 0.3 is 0 Å². The first-order valence-corrected chi connectivity index (χ1v) is 10.3. The van der Waals surface area contributed by atoms with E-state index >= 15 is 0 Å². The number of rotatable bonds is 8. The Morgan fingerprint density at radius 2 is 1.93 bits per heavy atom. The van der Waals surface area contributed by atoms with Crippen molar-refractivity contribution >= 4 is 29.9 Å². The molecule has 0 saturated heterocycles. The van der Waals surface area contributed by atoms with E-state index in [0.29, 0.717) is 18.6 Å². The molecule has 0 atom stereocenters. The third-order valence-corrected chi connectivity index (χ3v) is 5.06. The maximum Gasteiger partial charge on any atom is 0.191 e. The van der Waals surface area contributed by atoms with Crippen molar-refractivity contribution in [3.05, 3.63) is 47.3 Å². The van der Waals surface area contributed by atoms with Crippen LogP contribution < -0.4 is 15.4 Å². The van der Waals surface area contributed by atoms with Gasteiger partial charge in [0.15, 0.2) is 11.7 Å². The molecule has 1 saturated carbocycles. The second kappa shape index (κ2) is 12.0. The van der Waals surface area contributed by atoms with Crippen LogP contribution in [0.1, 0.15) is 62.5 Å². The minimum atomic E-state index is 0. The van der Waals surface area contributed by atoms with Crippen LogP contribution in [0.4, 0.5) is 0 Å². The Hall–Kier alpha value is -1.77. The smallest absolute Gasteiger partial charge is 0.191 e. The fourth-order valence-corrected chi connectivity index (χ4v) is 3.33. The molecule has 0 bridgehead atoms. The number of nitrogens with one attached hydrogen (secondary N) is 2. The molecule has 0 radical (unpaired) electrons. The van der Waals surface area contributed by atoms with E-state index in [0.717, 1.165) is 36.1 Å². The molecule has 0 amide bonds. The Labute approximate surface area is 190 Å². The van der Waals surface area contributed by atoms with Gasteiger partial charge in [0.1, 0.15) is 5.75 Å². The van der Waals surface area contributed by atoms with Crippen LogP contribution in [0.5, 0.6) is 5.75 Å². The molecule has 1 aromatic heterocycles. The van der Waals surface area contributed by atoms with E-state index in [2.05, 4.69) is 58.9 Å². The Balaban J connectivity index is 0.00000300. The summed E-state index contributed by atoms with van der Waals surface area (Å²) in [5.41, 5.74) is 2.25. The lowest BCUT2D eigenvalue weighted by Gasteiger charge is -2.14. The summed E-state index contributed by atoms with van der Waals surface area (Å²) < 4.78 is 11.4. The van der Waals surface area contributed by atoms with Crippen molar-refractivity contribution in [1.29, 1.82) is 0 Å². The summed E-state index contributed by atoms with van der Waals surface area (Å²) in [6, 6.07) is 10.4. The maximum atomic E-state index is 6.02. The van der Waals surface area contributed by atoms with Gasteiger partial charge < -0.3 is 19.9 Å². The number of aliphatic imine (C=N–C) groups is 1. The number of guanidine groups is 1. The zero-order valence-corrected chi connectivity index (χ0v) is 19.9. The van der Waals surface area contributed by atoms with E-state index in [1.807, 2.05) is 6.07 Å². The van der Waals surface area contributed by atoms with Crippen LogP contribution in [-0.2, 0) is 13.0 Å². The summed E-state index contributed by atoms with van der Waals surface area (Å²) >= 11 is 0. The average molecular weight is 512 g/mol. The highest BCUT2D eigenvalue weighted by Gasteiger charge is 2.16. The monoisotopic (exact) mass is 512 g/mol. The largest absolute Gasteiger partial charge is 0.490 e. The van der Waals surface area contributed by atoms with Gasteiger partial charge in [-0.05, 0) is 55.7 Å². The fourth-order valence-electron chi connectivity index (χ4n) is 3.33. The lowest BCUT2D eigenvalue weighted by atomic mass is 10.1. The fraction of sp³-hybridized carbons (Fsp3) is 0.545. The van der Waals surface area contributed by atoms with Crippen molar-refractivity contribution in [2.45, 2.75) is 64.5 Å². The molecule has 1 fully saturated rings. The van der Waals surface area contributed by atoms with Crippen molar-refractivity contribution in [3.8, 4) is 5.75 Å². The van der Waals surface area contributed by atoms with Crippen molar-refractivity contribution in [3.63, 3.8) is 0 Å². The van der Waals surface area contributed by atoms with Crippen LogP contribution >= 0.6 is 24.0 Å². The minimum absolute atomic E-state index is 0. The number of hydrogen-bond donors (Lipinski definition) is 2.